The number of hydrogen-bond donors (Lipinski definition) is 1. The van der Waals surface area contributed by atoms with Crippen LogP contribution >= 0.6 is 0 Å². The first-order valence-electron chi connectivity index (χ1n) is 7.96. The molecular weight excluding hydrogens is 293 g/mol. The fourth-order valence-electron chi connectivity index (χ4n) is 3.11. The second-order valence-corrected chi connectivity index (χ2v) is 5.94. The highest BCUT2D eigenvalue weighted by Crippen LogP contribution is 2.26. The third kappa shape index (κ3) is 3.96. The molecule has 1 N–H and O–H groups in total. The van der Waals surface area contributed by atoms with Crippen molar-refractivity contribution >= 4 is 0 Å². The van der Waals surface area contributed by atoms with Crippen molar-refractivity contribution in [3.8, 4) is 0 Å². The molecule has 0 radical (unpaired) electrons. The average molecular weight is 315 g/mol. The molecule has 0 aliphatic carbocycles. The van der Waals surface area contributed by atoms with Gasteiger partial charge in [0.25, 0.3) is 0 Å². The number of hydrogen-bond acceptors (Lipinski definition) is 3. The Balaban J connectivity index is 1.64. The zero-order valence-electron chi connectivity index (χ0n) is 13.0. The second-order valence-electron chi connectivity index (χ2n) is 5.94. The number of benzene rings is 2. The highest BCUT2D eigenvalue weighted by atomic mass is 19.1. The summed E-state index contributed by atoms with van der Waals surface area (Å²) in [6.45, 7) is 1.17. The van der Waals surface area contributed by atoms with E-state index in [1.807, 2.05) is 65.6 Å². The van der Waals surface area contributed by atoms with Gasteiger partial charge in [-0.3, -0.25) is 4.90 Å². The normalized spacial score (nSPS) is 24.9. The average Bonchev–Trinajstić information content (AvgIpc) is 2.89. The Morgan fingerprint density at radius 1 is 1.00 bits per heavy atom. The van der Waals surface area contributed by atoms with E-state index >= 15 is 0 Å². The summed E-state index contributed by atoms with van der Waals surface area (Å²) in [5.74, 6) is 0. The number of ether oxygens (including phenoxy) is 1. The number of rotatable bonds is 6. The predicted octanol–water partition coefficient (Wildman–Crippen LogP) is 2.79. The van der Waals surface area contributed by atoms with Gasteiger partial charge >= 0.3 is 0 Å². The van der Waals surface area contributed by atoms with E-state index in [-0.39, 0.29) is 12.6 Å². The van der Waals surface area contributed by atoms with E-state index < -0.39 is 12.3 Å². The minimum Gasteiger partial charge on any atom is -0.395 e. The van der Waals surface area contributed by atoms with Crippen molar-refractivity contribution in [3.63, 3.8) is 0 Å². The molecule has 1 fully saturated rings. The number of aliphatic hydroxyl groups is 1. The maximum atomic E-state index is 14.4. The lowest BCUT2D eigenvalue weighted by Crippen LogP contribution is -2.39. The third-order valence-corrected chi connectivity index (χ3v) is 4.31. The van der Waals surface area contributed by atoms with Gasteiger partial charge in [-0.1, -0.05) is 60.7 Å². The summed E-state index contributed by atoms with van der Waals surface area (Å²) in [4.78, 5) is 1.97. The van der Waals surface area contributed by atoms with Crippen LogP contribution in [0.25, 0.3) is 0 Å². The molecule has 4 heteroatoms. The zero-order chi connectivity index (χ0) is 16.1. The van der Waals surface area contributed by atoms with Crippen molar-refractivity contribution in [2.75, 3.05) is 13.2 Å². The highest BCUT2D eigenvalue weighted by molar-refractivity contribution is 5.16. The molecule has 1 aliphatic rings. The fourth-order valence-corrected chi connectivity index (χ4v) is 3.11. The van der Waals surface area contributed by atoms with Gasteiger partial charge in [0.15, 0.2) is 0 Å². The molecule has 0 bridgehead atoms. The van der Waals surface area contributed by atoms with Crippen LogP contribution in [0.1, 0.15) is 11.1 Å². The lowest BCUT2D eigenvalue weighted by atomic mass is 10.1. The molecule has 2 aromatic rings. The molecule has 0 amide bonds. The van der Waals surface area contributed by atoms with Crippen molar-refractivity contribution in [1.82, 2.24) is 4.90 Å². The van der Waals surface area contributed by atoms with Crippen LogP contribution in [-0.4, -0.2) is 41.5 Å². The van der Waals surface area contributed by atoms with Crippen LogP contribution in [0.2, 0.25) is 0 Å². The maximum Gasteiger partial charge on any atom is 0.140 e. The van der Waals surface area contributed by atoms with Gasteiger partial charge in [-0.2, -0.15) is 0 Å². The molecule has 23 heavy (non-hydrogen) atoms. The van der Waals surface area contributed by atoms with Crippen molar-refractivity contribution in [1.29, 1.82) is 0 Å². The van der Waals surface area contributed by atoms with Gasteiger partial charge in [-0.25, -0.2) is 4.39 Å². The van der Waals surface area contributed by atoms with E-state index in [0.29, 0.717) is 19.7 Å². The van der Waals surface area contributed by atoms with Crippen LogP contribution in [0.4, 0.5) is 4.39 Å². The molecule has 3 rings (SSSR count). The molecule has 122 valence electrons. The summed E-state index contributed by atoms with van der Waals surface area (Å²) >= 11 is 0. The molecule has 0 spiro atoms. The number of alkyl halides is 1. The van der Waals surface area contributed by atoms with Gasteiger partial charge in [0.2, 0.25) is 0 Å². The van der Waals surface area contributed by atoms with Gasteiger partial charge in [0.05, 0.1) is 19.3 Å². The first-order valence-corrected chi connectivity index (χ1v) is 7.96. The second kappa shape index (κ2) is 7.68. The minimum absolute atomic E-state index is 0.104. The van der Waals surface area contributed by atoms with Crippen LogP contribution in [0, 0.1) is 0 Å². The van der Waals surface area contributed by atoms with E-state index in [4.69, 9.17) is 4.74 Å². The van der Waals surface area contributed by atoms with Gasteiger partial charge in [0.1, 0.15) is 12.3 Å². The molecule has 0 saturated carbocycles. The van der Waals surface area contributed by atoms with Crippen LogP contribution in [0.5, 0.6) is 0 Å². The smallest absolute Gasteiger partial charge is 0.140 e. The Hall–Kier alpha value is -1.75. The van der Waals surface area contributed by atoms with E-state index in [1.165, 1.54) is 0 Å². The topological polar surface area (TPSA) is 32.7 Å². The molecule has 3 nitrogen and oxygen atoms in total. The number of likely N-dealkylation sites (tertiary alicyclic amines) is 1. The zero-order valence-corrected chi connectivity index (χ0v) is 13.0. The number of aliphatic hydroxyl groups excluding tert-OH is 1. The lowest BCUT2D eigenvalue weighted by molar-refractivity contribution is -0.0263. The summed E-state index contributed by atoms with van der Waals surface area (Å²) in [5.41, 5.74) is 2.12. The minimum atomic E-state index is -1.08. The predicted molar refractivity (Wildman–Crippen MR) is 87.6 cm³/mol. The SMILES string of the molecule is OC[C@@H]1[C@@H](OCc2ccccc2)[C@H](F)CN1Cc1ccccc1. The lowest BCUT2D eigenvalue weighted by Gasteiger charge is -2.26. The van der Waals surface area contributed by atoms with E-state index in [1.54, 1.807) is 0 Å². The monoisotopic (exact) mass is 315 g/mol. The number of halogens is 1. The largest absolute Gasteiger partial charge is 0.395 e. The van der Waals surface area contributed by atoms with E-state index in [0.717, 1.165) is 11.1 Å². The molecule has 2 aromatic carbocycles. The highest BCUT2D eigenvalue weighted by Gasteiger charge is 2.42. The summed E-state index contributed by atoms with van der Waals surface area (Å²) < 4.78 is 20.2. The Morgan fingerprint density at radius 2 is 1.61 bits per heavy atom. The Labute approximate surface area is 136 Å². The maximum absolute atomic E-state index is 14.4. The van der Waals surface area contributed by atoms with Gasteiger partial charge in [-0.15, -0.1) is 0 Å². The Morgan fingerprint density at radius 3 is 2.22 bits per heavy atom. The van der Waals surface area contributed by atoms with Crippen molar-refractivity contribution < 1.29 is 14.2 Å². The van der Waals surface area contributed by atoms with Crippen LogP contribution in [0.3, 0.4) is 0 Å². The molecule has 1 saturated heterocycles. The van der Waals surface area contributed by atoms with Crippen molar-refractivity contribution in [2.45, 2.75) is 31.5 Å². The summed E-state index contributed by atoms with van der Waals surface area (Å²) in [6, 6.07) is 19.3. The quantitative estimate of drug-likeness (QED) is 0.890. The molecule has 1 heterocycles. The van der Waals surface area contributed by atoms with Gasteiger partial charge in [0, 0.05) is 13.1 Å². The van der Waals surface area contributed by atoms with E-state index in [9.17, 15) is 9.50 Å². The summed E-state index contributed by atoms with van der Waals surface area (Å²) in [5, 5.41) is 9.71. The standard InChI is InChI=1S/C19H22FNO2/c20-17-12-21(11-15-7-3-1-4-8-15)18(13-22)19(17)23-14-16-9-5-2-6-10-16/h1-10,17-19,22H,11-14H2/t17-,18-,19+/m1/s1. The number of nitrogens with zero attached hydrogens (tertiary/aromatic N) is 1. The van der Waals surface area contributed by atoms with Crippen molar-refractivity contribution in [3.05, 3.63) is 71.8 Å². The summed E-state index contributed by atoms with van der Waals surface area (Å²) in [7, 11) is 0. The first kappa shape index (κ1) is 16.1. The van der Waals surface area contributed by atoms with Crippen LogP contribution < -0.4 is 0 Å². The Bertz CT molecular complexity index is 593. The molecule has 0 unspecified atom stereocenters. The summed E-state index contributed by atoms with van der Waals surface area (Å²) in [6.07, 6.45) is -1.68. The van der Waals surface area contributed by atoms with Gasteiger partial charge in [-0.05, 0) is 11.1 Å². The molecule has 0 aromatic heterocycles. The fraction of sp³-hybridized carbons (Fsp3) is 0.368. The third-order valence-electron chi connectivity index (χ3n) is 4.31. The van der Waals surface area contributed by atoms with Crippen LogP contribution in [-0.2, 0) is 17.9 Å². The molecule has 1 aliphatic heterocycles. The molecule has 3 atom stereocenters. The first-order chi connectivity index (χ1) is 11.3. The van der Waals surface area contributed by atoms with Gasteiger partial charge < -0.3 is 9.84 Å². The van der Waals surface area contributed by atoms with Crippen LogP contribution in [0.15, 0.2) is 60.7 Å². The molecular formula is C19H22FNO2. The van der Waals surface area contributed by atoms with E-state index in [2.05, 4.69) is 0 Å². The van der Waals surface area contributed by atoms with Crippen molar-refractivity contribution in [2.24, 2.45) is 0 Å². The Kier molecular flexibility index (Phi) is 5.39.